The molecule has 0 aromatic carbocycles. The molecule has 4 nitrogen and oxygen atoms in total. The van der Waals surface area contributed by atoms with E-state index in [0.29, 0.717) is 12.1 Å². The van der Waals surface area contributed by atoms with Crippen molar-refractivity contribution in [1.29, 1.82) is 0 Å². The van der Waals surface area contributed by atoms with Crippen LogP contribution in [-0.2, 0) is 11.3 Å². The number of pyridine rings is 1. The van der Waals surface area contributed by atoms with Crippen LogP contribution < -0.4 is 5.32 Å². The molecule has 5 heteroatoms. The molecule has 3 atom stereocenters. The van der Waals surface area contributed by atoms with Crippen molar-refractivity contribution in [2.75, 3.05) is 0 Å². The molecule has 2 rings (SSSR count). The van der Waals surface area contributed by atoms with Gasteiger partial charge in [0.05, 0.1) is 18.3 Å². The number of hydrogen-bond acceptors (Lipinski definition) is 3. The van der Waals surface area contributed by atoms with Crippen LogP contribution in [0.3, 0.4) is 0 Å². The molecule has 0 bridgehead atoms. The third-order valence-electron chi connectivity index (χ3n) is 4.11. The Morgan fingerprint density at radius 3 is 2.75 bits per heavy atom. The summed E-state index contributed by atoms with van der Waals surface area (Å²) in [5.74, 6) is -0.459. The fraction of sp³-hybridized carbons (Fsp3) is 0.600. The quantitative estimate of drug-likeness (QED) is 0.918. The van der Waals surface area contributed by atoms with Gasteiger partial charge in [-0.3, -0.25) is 14.7 Å². The van der Waals surface area contributed by atoms with Crippen molar-refractivity contribution in [3.8, 4) is 0 Å². The number of carbonyl (C=O) groups is 1. The van der Waals surface area contributed by atoms with Gasteiger partial charge in [-0.05, 0) is 45.7 Å². The lowest BCUT2D eigenvalue weighted by Crippen LogP contribution is -2.49. The Balaban J connectivity index is 1.93. The van der Waals surface area contributed by atoms with E-state index in [0.717, 1.165) is 12.8 Å². The van der Waals surface area contributed by atoms with E-state index in [-0.39, 0.29) is 30.0 Å². The van der Waals surface area contributed by atoms with Crippen LogP contribution in [0.5, 0.6) is 0 Å². The molecule has 1 aromatic heterocycles. The average molecular weight is 279 g/mol. The van der Waals surface area contributed by atoms with Gasteiger partial charge < -0.3 is 5.32 Å². The Bertz CT molecular complexity index is 470. The van der Waals surface area contributed by atoms with Gasteiger partial charge in [0.2, 0.25) is 5.91 Å². The summed E-state index contributed by atoms with van der Waals surface area (Å²) in [7, 11) is 0. The average Bonchev–Trinajstić information content (AvgIpc) is 2.76. The van der Waals surface area contributed by atoms with Gasteiger partial charge in [0.15, 0.2) is 0 Å². The predicted molar refractivity (Wildman–Crippen MR) is 75.5 cm³/mol. The highest BCUT2D eigenvalue weighted by Crippen LogP contribution is 2.25. The van der Waals surface area contributed by atoms with E-state index in [1.807, 2.05) is 6.92 Å². The Morgan fingerprint density at radius 1 is 1.50 bits per heavy atom. The highest BCUT2D eigenvalue weighted by atomic mass is 19.1. The van der Waals surface area contributed by atoms with E-state index in [2.05, 4.69) is 29.0 Å². The zero-order chi connectivity index (χ0) is 14.7. The predicted octanol–water partition coefficient (Wildman–Crippen LogP) is 2.10. The van der Waals surface area contributed by atoms with E-state index >= 15 is 0 Å². The SMILES string of the molecule is C[C@@H]1CC[C@@H](C)N1[C@H](C)C(=O)NCc1ncccc1F. The molecule has 0 saturated carbocycles. The number of hydrogen-bond donors (Lipinski definition) is 1. The lowest BCUT2D eigenvalue weighted by atomic mass is 10.2. The smallest absolute Gasteiger partial charge is 0.237 e. The first-order valence-electron chi connectivity index (χ1n) is 7.15. The van der Waals surface area contributed by atoms with Gasteiger partial charge in [-0.25, -0.2) is 4.39 Å². The van der Waals surface area contributed by atoms with Gasteiger partial charge in [-0.15, -0.1) is 0 Å². The van der Waals surface area contributed by atoms with Crippen LogP contribution in [0.1, 0.15) is 39.3 Å². The number of amides is 1. The Kier molecular flexibility index (Phi) is 4.70. The van der Waals surface area contributed by atoms with Gasteiger partial charge in [-0.1, -0.05) is 0 Å². The topological polar surface area (TPSA) is 45.2 Å². The van der Waals surface area contributed by atoms with Crippen LogP contribution in [0.25, 0.3) is 0 Å². The minimum atomic E-state index is -0.386. The molecule has 1 fully saturated rings. The highest BCUT2D eigenvalue weighted by molar-refractivity contribution is 5.81. The van der Waals surface area contributed by atoms with Crippen molar-refractivity contribution in [2.45, 2.75) is 58.3 Å². The second-order valence-electron chi connectivity index (χ2n) is 5.55. The van der Waals surface area contributed by atoms with Crippen molar-refractivity contribution in [3.05, 3.63) is 29.8 Å². The van der Waals surface area contributed by atoms with Crippen LogP contribution in [0.2, 0.25) is 0 Å². The van der Waals surface area contributed by atoms with Crippen LogP contribution >= 0.6 is 0 Å². The molecule has 1 aliphatic heterocycles. The summed E-state index contributed by atoms with van der Waals surface area (Å²) in [6.45, 7) is 6.33. The third-order valence-corrected chi connectivity index (χ3v) is 4.11. The normalized spacial score (nSPS) is 24.6. The molecule has 1 aromatic rings. The number of rotatable bonds is 4. The van der Waals surface area contributed by atoms with Gasteiger partial charge in [0.1, 0.15) is 5.82 Å². The molecule has 2 heterocycles. The number of halogens is 1. The molecule has 1 N–H and O–H groups in total. The Morgan fingerprint density at radius 2 is 2.15 bits per heavy atom. The highest BCUT2D eigenvalue weighted by Gasteiger charge is 2.34. The van der Waals surface area contributed by atoms with Gasteiger partial charge in [0.25, 0.3) is 0 Å². The first-order chi connectivity index (χ1) is 9.50. The second kappa shape index (κ2) is 6.31. The molecule has 20 heavy (non-hydrogen) atoms. The number of nitrogens with one attached hydrogen (secondary N) is 1. The lowest BCUT2D eigenvalue weighted by Gasteiger charge is -2.31. The van der Waals surface area contributed by atoms with E-state index in [9.17, 15) is 9.18 Å². The minimum absolute atomic E-state index is 0.0735. The van der Waals surface area contributed by atoms with E-state index in [1.165, 1.54) is 18.3 Å². The summed E-state index contributed by atoms with van der Waals surface area (Å²) in [5, 5.41) is 2.77. The maximum absolute atomic E-state index is 13.4. The zero-order valence-electron chi connectivity index (χ0n) is 12.3. The Hall–Kier alpha value is -1.49. The third kappa shape index (κ3) is 3.15. The first kappa shape index (κ1) is 14.9. The summed E-state index contributed by atoms with van der Waals surface area (Å²) in [5.41, 5.74) is 0.274. The standard InChI is InChI=1S/C15H22FN3O/c1-10-6-7-11(2)19(10)12(3)15(20)18-9-14-13(16)5-4-8-17-14/h4-5,8,10-12H,6-7,9H2,1-3H3,(H,18,20)/t10-,11-,12-/m1/s1. The fourth-order valence-corrected chi connectivity index (χ4v) is 2.98. The van der Waals surface area contributed by atoms with Crippen molar-refractivity contribution in [2.24, 2.45) is 0 Å². The summed E-state index contributed by atoms with van der Waals surface area (Å²) in [6.07, 6.45) is 3.76. The summed E-state index contributed by atoms with van der Waals surface area (Å²) < 4.78 is 13.4. The summed E-state index contributed by atoms with van der Waals surface area (Å²) in [6, 6.07) is 3.52. The van der Waals surface area contributed by atoms with Crippen molar-refractivity contribution in [1.82, 2.24) is 15.2 Å². The molecule has 110 valence electrons. The van der Waals surface area contributed by atoms with Crippen molar-refractivity contribution in [3.63, 3.8) is 0 Å². The Labute approximate surface area is 119 Å². The van der Waals surface area contributed by atoms with Gasteiger partial charge >= 0.3 is 0 Å². The zero-order valence-corrected chi connectivity index (χ0v) is 12.3. The molecular weight excluding hydrogens is 257 g/mol. The van der Waals surface area contributed by atoms with E-state index in [1.54, 1.807) is 0 Å². The monoisotopic (exact) mass is 279 g/mol. The van der Waals surface area contributed by atoms with Gasteiger partial charge in [0, 0.05) is 18.3 Å². The van der Waals surface area contributed by atoms with Crippen LogP contribution in [0.15, 0.2) is 18.3 Å². The van der Waals surface area contributed by atoms with E-state index < -0.39 is 0 Å². The van der Waals surface area contributed by atoms with Gasteiger partial charge in [-0.2, -0.15) is 0 Å². The second-order valence-corrected chi connectivity index (χ2v) is 5.55. The summed E-state index contributed by atoms with van der Waals surface area (Å²) >= 11 is 0. The number of aromatic nitrogens is 1. The number of carbonyl (C=O) groups excluding carboxylic acids is 1. The molecule has 0 unspecified atom stereocenters. The van der Waals surface area contributed by atoms with E-state index in [4.69, 9.17) is 0 Å². The first-order valence-corrected chi connectivity index (χ1v) is 7.15. The minimum Gasteiger partial charge on any atom is -0.349 e. The molecule has 0 spiro atoms. The summed E-state index contributed by atoms with van der Waals surface area (Å²) in [4.78, 5) is 18.4. The molecule has 0 aliphatic carbocycles. The van der Waals surface area contributed by atoms with Crippen LogP contribution in [0.4, 0.5) is 4.39 Å². The maximum Gasteiger partial charge on any atom is 0.237 e. The number of likely N-dealkylation sites (tertiary alicyclic amines) is 1. The molecule has 1 saturated heterocycles. The van der Waals surface area contributed by atoms with Crippen LogP contribution in [-0.4, -0.2) is 33.9 Å². The number of nitrogens with zero attached hydrogens (tertiary/aromatic N) is 2. The van der Waals surface area contributed by atoms with Crippen molar-refractivity contribution >= 4 is 5.91 Å². The molecule has 0 radical (unpaired) electrons. The largest absolute Gasteiger partial charge is 0.349 e. The molecular formula is C15H22FN3O. The lowest BCUT2D eigenvalue weighted by molar-refractivity contribution is -0.127. The molecule has 1 aliphatic rings. The molecule has 1 amide bonds. The maximum atomic E-state index is 13.4. The van der Waals surface area contributed by atoms with Crippen molar-refractivity contribution < 1.29 is 9.18 Å². The fourth-order valence-electron chi connectivity index (χ4n) is 2.98. The van der Waals surface area contributed by atoms with Crippen LogP contribution in [0, 0.1) is 5.82 Å².